The fourth-order valence-electron chi connectivity index (χ4n) is 1.95. The number of hydrogen-bond acceptors (Lipinski definition) is 1. The van der Waals surface area contributed by atoms with Crippen molar-refractivity contribution in [3.05, 3.63) is 48.6 Å². The minimum atomic E-state index is -0.712. The van der Waals surface area contributed by atoms with Crippen LogP contribution in [-0.4, -0.2) is 15.5 Å². The molecule has 0 saturated heterocycles. The Morgan fingerprint density at radius 3 is 1.65 bits per heavy atom. The van der Waals surface area contributed by atoms with Crippen LogP contribution in [0.2, 0.25) is 0 Å². The Bertz CT molecular complexity index is 381. The van der Waals surface area contributed by atoms with Crippen molar-refractivity contribution in [1.29, 1.82) is 0 Å². The summed E-state index contributed by atoms with van der Waals surface area (Å²) in [6.45, 7) is 0. The van der Waals surface area contributed by atoms with E-state index in [9.17, 15) is 4.79 Å². The van der Waals surface area contributed by atoms with Crippen molar-refractivity contribution in [3.8, 4) is 0 Å². The molecule has 0 heterocycles. The zero-order chi connectivity index (χ0) is 17.0. The van der Waals surface area contributed by atoms with E-state index in [-0.39, 0.29) is 6.42 Å². The molecule has 0 fully saturated rings. The molecule has 130 valence electrons. The summed E-state index contributed by atoms with van der Waals surface area (Å²) in [5.74, 6) is -0.712. The lowest BCUT2D eigenvalue weighted by Crippen LogP contribution is -1.92. The number of alkyl halides is 1. The van der Waals surface area contributed by atoms with Gasteiger partial charge in [-0.3, -0.25) is 4.79 Å². The van der Waals surface area contributed by atoms with Crippen molar-refractivity contribution < 1.29 is 9.90 Å². The number of rotatable bonds is 15. The number of carboxylic acid groups (broad SMARTS) is 1. The van der Waals surface area contributed by atoms with Gasteiger partial charge in [-0.2, -0.15) is 0 Å². The van der Waals surface area contributed by atoms with Crippen molar-refractivity contribution >= 4 is 28.6 Å². The van der Waals surface area contributed by atoms with Crippen molar-refractivity contribution in [1.82, 2.24) is 0 Å². The molecule has 0 atom stereocenters. The first-order valence-electron chi connectivity index (χ1n) is 8.65. The number of carboxylic acids is 1. The van der Waals surface area contributed by atoms with Crippen molar-refractivity contribution in [2.24, 2.45) is 0 Å². The van der Waals surface area contributed by atoms with E-state index in [1.165, 1.54) is 30.1 Å². The first-order valence-corrected chi connectivity index (χ1v) is 10.2. The smallest absolute Gasteiger partial charge is 0.303 e. The van der Waals surface area contributed by atoms with E-state index in [0.717, 1.165) is 32.1 Å². The Morgan fingerprint density at radius 2 is 1.17 bits per heavy atom. The summed E-state index contributed by atoms with van der Waals surface area (Å²) in [5.41, 5.74) is 0. The van der Waals surface area contributed by atoms with E-state index < -0.39 is 5.97 Å². The normalized spacial score (nSPS) is 12.4. The predicted molar refractivity (Wildman–Crippen MR) is 109 cm³/mol. The molecule has 0 bridgehead atoms. The maximum atomic E-state index is 10.3. The maximum Gasteiger partial charge on any atom is 0.303 e. The van der Waals surface area contributed by atoms with Crippen LogP contribution in [0.3, 0.4) is 0 Å². The first-order chi connectivity index (χ1) is 11.3. The van der Waals surface area contributed by atoms with E-state index in [2.05, 4.69) is 71.2 Å². The van der Waals surface area contributed by atoms with Crippen molar-refractivity contribution in [3.63, 3.8) is 0 Å². The van der Waals surface area contributed by atoms with Crippen LogP contribution in [0, 0.1) is 0 Å². The van der Waals surface area contributed by atoms with Crippen molar-refractivity contribution in [2.75, 3.05) is 4.43 Å². The van der Waals surface area contributed by atoms with Crippen LogP contribution in [0.1, 0.15) is 64.2 Å². The third-order valence-corrected chi connectivity index (χ3v) is 4.01. The molecule has 0 unspecified atom stereocenters. The number of aliphatic carboxylic acids is 1. The van der Waals surface area contributed by atoms with Gasteiger partial charge in [0.1, 0.15) is 0 Å². The molecule has 0 spiro atoms. The van der Waals surface area contributed by atoms with E-state index in [1.54, 1.807) is 0 Å². The largest absolute Gasteiger partial charge is 0.481 e. The highest BCUT2D eigenvalue weighted by atomic mass is 127. The predicted octanol–water partition coefficient (Wildman–Crippen LogP) is 6.63. The minimum Gasteiger partial charge on any atom is -0.481 e. The second kappa shape index (κ2) is 19.2. The third-order valence-electron chi connectivity index (χ3n) is 3.25. The van der Waals surface area contributed by atoms with Gasteiger partial charge in [0.15, 0.2) is 0 Å². The van der Waals surface area contributed by atoms with Crippen molar-refractivity contribution in [2.45, 2.75) is 64.2 Å². The van der Waals surface area contributed by atoms with Crippen LogP contribution in [-0.2, 0) is 4.79 Å². The Morgan fingerprint density at radius 1 is 0.696 bits per heavy atom. The van der Waals surface area contributed by atoms with Gasteiger partial charge in [-0.1, -0.05) is 77.6 Å². The summed E-state index contributed by atoms with van der Waals surface area (Å²) < 4.78 is 1.28. The average molecular weight is 430 g/mol. The molecule has 0 aromatic carbocycles. The van der Waals surface area contributed by atoms with Crippen LogP contribution in [0.5, 0.6) is 0 Å². The van der Waals surface area contributed by atoms with Gasteiger partial charge >= 0.3 is 5.97 Å². The molecule has 3 heteroatoms. The summed E-state index contributed by atoms with van der Waals surface area (Å²) in [5, 5.41) is 8.50. The van der Waals surface area contributed by atoms with Gasteiger partial charge in [0.25, 0.3) is 0 Å². The Hall–Kier alpha value is -0.840. The second-order valence-corrected chi connectivity index (χ2v) is 6.50. The van der Waals surface area contributed by atoms with Gasteiger partial charge in [-0.25, -0.2) is 0 Å². The number of hydrogen-bond donors (Lipinski definition) is 1. The Balaban J connectivity index is 3.39. The first kappa shape index (κ1) is 22.2. The van der Waals surface area contributed by atoms with Gasteiger partial charge in [-0.05, 0) is 55.8 Å². The second-order valence-electron chi connectivity index (χ2n) is 5.42. The summed E-state index contributed by atoms with van der Waals surface area (Å²) >= 11 is 2.44. The van der Waals surface area contributed by atoms with E-state index >= 15 is 0 Å². The highest BCUT2D eigenvalue weighted by Crippen LogP contribution is 2.03. The lowest BCUT2D eigenvalue weighted by atomic mass is 10.2. The highest BCUT2D eigenvalue weighted by Gasteiger charge is 1.92. The van der Waals surface area contributed by atoms with Gasteiger partial charge in [0, 0.05) is 6.42 Å². The van der Waals surface area contributed by atoms with E-state index in [4.69, 9.17) is 5.11 Å². The standard InChI is InChI=1S/C20H31IO2/c21-19-17-15-13-11-9-7-5-3-1-2-4-6-8-10-12-14-16-18-20(22)23/h1,3-4,6-7,9-10,12H,2,5,8,11,13-19H2,(H,22,23). The van der Waals surface area contributed by atoms with Crippen LogP contribution in [0.4, 0.5) is 0 Å². The maximum absolute atomic E-state index is 10.3. The minimum absolute atomic E-state index is 0.262. The molecule has 23 heavy (non-hydrogen) atoms. The lowest BCUT2D eigenvalue weighted by Gasteiger charge is -1.92. The van der Waals surface area contributed by atoms with Gasteiger partial charge < -0.3 is 5.11 Å². The molecule has 0 amide bonds. The summed E-state index contributed by atoms with van der Waals surface area (Å²) in [6.07, 6.45) is 27.5. The van der Waals surface area contributed by atoms with E-state index in [0.29, 0.717) is 0 Å². The average Bonchev–Trinajstić information content (AvgIpc) is 2.53. The lowest BCUT2D eigenvalue weighted by molar-refractivity contribution is -0.137. The summed E-state index contributed by atoms with van der Waals surface area (Å²) in [7, 11) is 0. The molecule has 2 nitrogen and oxygen atoms in total. The summed E-state index contributed by atoms with van der Waals surface area (Å²) in [6, 6.07) is 0. The topological polar surface area (TPSA) is 37.3 Å². The quantitative estimate of drug-likeness (QED) is 0.137. The molecule has 0 aliphatic heterocycles. The van der Waals surface area contributed by atoms with Gasteiger partial charge in [0.05, 0.1) is 0 Å². The Kier molecular flexibility index (Phi) is 18.5. The molecular formula is C20H31IO2. The molecule has 0 aliphatic carbocycles. The third kappa shape index (κ3) is 21.2. The van der Waals surface area contributed by atoms with Gasteiger partial charge in [-0.15, -0.1) is 0 Å². The Labute approximate surface area is 155 Å². The number of halogens is 1. The van der Waals surface area contributed by atoms with Crippen LogP contribution in [0.25, 0.3) is 0 Å². The monoisotopic (exact) mass is 430 g/mol. The molecule has 0 saturated carbocycles. The van der Waals surface area contributed by atoms with Crippen LogP contribution < -0.4 is 0 Å². The van der Waals surface area contributed by atoms with Crippen LogP contribution >= 0.6 is 22.6 Å². The molecule has 0 aromatic heterocycles. The summed E-state index contributed by atoms with van der Waals surface area (Å²) in [4.78, 5) is 10.3. The van der Waals surface area contributed by atoms with Gasteiger partial charge in [0.2, 0.25) is 0 Å². The number of allylic oxidation sites excluding steroid dienone is 8. The highest BCUT2D eigenvalue weighted by molar-refractivity contribution is 14.1. The molecule has 0 radical (unpaired) electrons. The molecular weight excluding hydrogens is 399 g/mol. The number of unbranched alkanes of at least 4 members (excludes halogenated alkanes) is 4. The van der Waals surface area contributed by atoms with Crippen LogP contribution in [0.15, 0.2) is 48.6 Å². The van der Waals surface area contributed by atoms with E-state index in [1.807, 2.05) is 0 Å². The molecule has 0 aromatic rings. The fourth-order valence-corrected chi connectivity index (χ4v) is 2.49. The molecule has 0 aliphatic rings. The fraction of sp³-hybridized carbons (Fsp3) is 0.550. The zero-order valence-electron chi connectivity index (χ0n) is 14.1. The SMILES string of the molecule is O=C(O)CCCC=CCC=CCC=CCC=CCCCCCI. The molecule has 0 rings (SSSR count). The molecule has 1 N–H and O–H groups in total. The number of carbonyl (C=O) groups is 1. The zero-order valence-corrected chi connectivity index (χ0v) is 16.3.